The van der Waals surface area contributed by atoms with Gasteiger partial charge in [0.1, 0.15) is 0 Å². The van der Waals surface area contributed by atoms with Crippen LogP contribution in [-0.4, -0.2) is 50.7 Å². The number of halogens is 1. The molecule has 0 radical (unpaired) electrons. The summed E-state index contributed by atoms with van der Waals surface area (Å²) in [5, 5.41) is 3.06. The minimum Gasteiger partial charge on any atom is -0.383 e. The Kier molecular flexibility index (Phi) is 12.6. The zero-order valence-electron chi connectivity index (χ0n) is 10.8. The van der Waals surface area contributed by atoms with Crippen molar-refractivity contribution < 1.29 is 9.53 Å². The number of nitrogens with zero attached hydrogens (tertiary/aromatic N) is 1. The third-order valence-corrected chi connectivity index (χ3v) is 2.08. The first kappa shape index (κ1) is 18.1. The van der Waals surface area contributed by atoms with Crippen LogP contribution >= 0.6 is 12.4 Å². The molecule has 0 bridgehead atoms. The second-order valence-corrected chi connectivity index (χ2v) is 4.00. The van der Waals surface area contributed by atoms with Crippen molar-refractivity contribution in [2.75, 3.05) is 39.9 Å². The molecule has 0 aromatic rings. The Balaban J connectivity index is 0. The lowest BCUT2D eigenvalue weighted by Crippen LogP contribution is -2.40. The minimum absolute atomic E-state index is 0. The molecule has 1 N–H and O–H groups in total. The summed E-state index contributed by atoms with van der Waals surface area (Å²) >= 11 is 0. The number of rotatable bonds is 8. The number of hydrogen-bond donors (Lipinski definition) is 1. The Morgan fingerprint density at radius 3 is 2.50 bits per heavy atom. The number of ether oxygens (including phenoxy) is 1. The van der Waals surface area contributed by atoms with Gasteiger partial charge < -0.3 is 15.0 Å². The first-order chi connectivity index (χ1) is 7.11. The molecule has 0 aliphatic carbocycles. The van der Waals surface area contributed by atoms with Crippen LogP contribution in [0.5, 0.6) is 0 Å². The first-order valence-electron chi connectivity index (χ1n) is 5.59. The number of methoxy groups -OCH3 is 1. The summed E-state index contributed by atoms with van der Waals surface area (Å²) in [5.41, 5.74) is 0. The van der Waals surface area contributed by atoms with Gasteiger partial charge in [-0.3, -0.25) is 4.79 Å². The third-order valence-electron chi connectivity index (χ3n) is 2.08. The van der Waals surface area contributed by atoms with Crippen LogP contribution in [0.1, 0.15) is 20.8 Å². The van der Waals surface area contributed by atoms with Gasteiger partial charge in [-0.2, -0.15) is 0 Å². The van der Waals surface area contributed by atoms with Gasteiger partial charge in [0, 0.05) is 26.7 Å². The van der Waals surface area contributed by atoms with Gasteiger partial charge in [0.25, 0.3) is 0 Å². The quantitative estimate of drug-likeness (QED) is 0.659. The van der Waals surface area contributed by atoms with Crippen molar-refractivity contribution in [1.29, 1.82) is 0 Å². The zero-order chi connectivity index (χ0) is 11.7. The van der Waals surface area contributed by atoms with E-state index in [1.165, 1.54) is 0 Å². The molecule has 0 spiro atoms. The van der Waals surface area contributed by atoms with E-state index in [9.17, 15) is 4.79 Å². The van der Waals surface area contributed by atoms with Crippen LogP contribution in [0, 0.1) is 5.92 Å². The van der Waals surface area contributed by atoms with Crippen LogP contribution in [0.3, 0.4) is 0 Å². The summed E-state index contributed by atoms with van der Waals surface area (Å²) in [6, 6.07) is 0. The Morgan fingerprint density at radius 2 is 2.06 bits per heavy atom. The summed E-state index contributed by atoms with van der Waals surface area (Å²) in [6.45, 7) is 9.64. The number of hydrogen-bond acceptors (Lipinski definition) is 3. The summed E-state index contributed by atoms with van der Waals surface area (Å²) in [6.07, 6.45) is 0. The summed E-state index contributed by atoms with van der Waals surface area (Å²) in [5.74, 6) is 0.690. The van der Waals surface area contributed by atoms with Gasteiger partial charge >= 0.3 is 0 Å². The van der Waals surface area contributed by atoms with Crippen molar-refractivity contribution in [2.24, 2.45) is 5.92 Å². The van der Waals surface area contributed by atoms with E-state index in [2.05, 4.69) is 19.2 Å². The van der Waals surface area contributed by atoms with Crippen molar-refractivity contribution in [1.82, 2.24) is 10.2 Å². The lowest BCUT2D eigenvalue weighted by Gasteiger charge is -2.23. The normalized spacial score (nSPS) is 10.1. The third kappa shape index (κ3) is 8.95. The second-order valence-electron chi connectivity index (χ2n) is 4.00. The molecule has 0 aliphatic heterocycles. The number of amides is 1. The molecule has 0 fully saturated rings. The predicted molar refractivity (Wildman–Crippen MR) is 69.1 cm³/mol. The largest absolute Gasteiger partial charge is 0.383 e. The van der Waals surface area contributed by atoms with Gasteiger partial charge in [-0.05, 0) is 12.8 Å². The highest BCUT2D eigenvalue weighted by molar-refractivity contribution is 5.85. The predicted octanol–water partition coefficient (Wildman–Crippen LogP) is 1.15. The van der Waals surface area contributed by atoms with Crippen molar-refractivity contribution in [3.63, 3.8) is 0 Å². The Hall–Kier alpha value is -0.320. The molecule has 98 valence electrons. The Morgan fingerprint density at radius 1 is 1.44 bits per heavy atom. The van der Waals surface area contributed by atoms with E-state index < -0.39 is 0 Å². The SMILES string of the molecule is CCN(CC(C)C)C(=O)CNCCOC.Cl. The molecule has 0 saturated carbocycles. The summed E-state index contributed by atoms with van der Waals surface area (Å²) in [4.78, 5) is 13.6. The number of carbonyl (C=O) groups excluding carboxylic acids is 1. The molecule has 4 nitrogen and oxygen atoms in total. The van der Waals surface area contributed by atoms with Gasteiger partial charge in [0.2, 0.25) is 5.91 Å². The number of nitrogens with one attached hydrogen (secondary N) is 1. The Bertz CT molecular complexity index is 177. The molecule has 0 rings (SSSR count). The molecule has 0 atom stereocenters. The van der Waals surface area contributed by atoms with Crippen LogP contribution in [0.4, 0.5) is 0 Å². The van der Waals surface area contributed by atoms with E-state index in [-0.39, 0.29) is 18.3 Å². The maximum Gasteiger partial charge on any atom is 0.236 e. The van der Waals surface area contributed by atoms with Crippen molar-refractivity contribution >= 4 is 18.3 Å². The lowest BCUT2D eigenvalue weighted by atomic mass is 10.2. The van der Waals surface area contributed by atoms with Crippen LogP contribution in [-0.2, 0) is 9.53 Å². The summed E-state index contributed by atoms with van der Waals surface area (Å²) < 4.78 is 4.89. The zero-order valence-corrected chi connectivity index (χ0v) is 11.6. The fourth-order valence-electron chi connectivity index (χ4n) is 1.33. The fraction of sp³-hybridized carbons (Fsp3) is 0.909. The van der Waals surface area contributed by atoms with E-state index in [1.807, 2.05) is 11.8 Å². The van der Waals surface area contributed by atoms with Gasteiger partial charge in [-0.15, -0.1) is 12.4 Å². The average Bonchev–Trinajstić information content (AvgIpc) is 2.20. The summed E-state index contributed by atoms with van der Waals surface area (Å²) in [7, 11) is 1.65. The molecule has 0 unspecified atom stereocenters. The second kappa shape index (κ2) is 11.2. The highest BCUT2D eigenvalue weighted by Crippen LogP contribution is 1.98. The molecular weight excluding hydrogens is 228 g/mol. The van der Waals surface area contributed by atoms with Crippen LogP contribution in [0.25, 0.3) is 0 Å². The molecule has 16 heavy (non-hydrogen) atoms. The molecular formula is C11H25ClN2O2. The number of carbonyl (C=O) groups is 1. The fourth-order valence-corrected chi connectivity index (χ4v) is 1.33. The molecule has 1 amide bonds. The van der Waals surface area contributed by atoms with Crippen LogP contribution < -0.4 is 5.32 Å². The van der Waals surface area contributed by atoms with Crippen LogP contribution in [0.2, 0.25) is 0 Å². The standard InChI is InChI=1S/C11H24N2O2.ClH/c1-5-13(9-10(2)3)11(14)8-12-6-7-15-4;/h10,12H,5-9H2,1-4H3;1H. The molecule has 0 aromatic heterocycles. The van der Waals surface area contributed by atoms with Crippen molar-refractivity contribution in [3.8, 4) is 0 Å². The van der Waals surface area contributed by atoms with E-state index in [1.54, 1.807) is 7.11 Å². The van der Waals surface area contributed by atoms with E-state index >= 15 is 0 Å². The first-order valence-corrected chi connectivity index (χ1v) is 5.59. The minimum atomic E-state index is 0. The smallest absolute Gasteiger partial charge is 0.236 e. The Labute approximate surface area is 105 Å². The molecule has 0 aromatic carbocycles. The van der Waals surface area contributed by atoms with E-state index in [0.29, 0.717) is 19.1 Å². The molecule has 0 aliphatic rings. The maximum atomic E-state index is 11.7. The van der Waals surface area contributed by atoms with E-state index in [4.69, 9.17) is 4.74 Å². The van der Waals surface area contributed by atoms with Gasteiger partial charge in [0.15, 0.2) is 0 Å². The topological polar surface area (TPSA) is 41.6 Å². The van der Waals surface area contributed by atoms with Crippen molar-refractivity contribution in [3.05, 3.63) is 0 Å². The monoisotopic (exact) mass is 252 g/mol. The molecule has 0 heterocycles. The van der Waals surface area contributed by atoms with E-state index in [0.717, 1.165) is 19.6 Å². The van der Waals surface area contributed by atoms with Crippen LogP contribution in [0.15, 0.2) is 0 Å². The molecule has 5 heteroatoms. The van der Waals surface area contributed by atoms with Gasteiger partial charge in [-0.1, -0.05) is 13.8 Å². The maximum absolute atomic E-state index is 11.7. The number of likely N-dealkylation sites (N-methyl/N-ethyl adjacent to an activating group) is 1. The highest BCUT2D eigenvalue weighted by atomic mass is 35.5. The van der Waals surface area contributed by atoms with Gasteiger partial charge in [0.05, 0.1) is 13.2 Å². The molecule has 0 saturated heterocycles. The average molecular weight is 253 g/mol. The lowest BCUT2D eigenvalue weighted by molar-refractivity contribution is -0.130. The van der Waals surface area contributed by atoms with Gasteiger partial charge in [-0.25, -0.2) is 0 Å². The highest BCUT2D eigenvalue weighted by Gasteiger charge is 2.11. The van der Waals surface area contributed by atoms with Crippen molar-refractivity contribution in [2.45, 2.75) is 20.8 Å².